The van der Waals surface area contributed by atoms with Crippen molar-refractivity contribution in [3.05, 3.63) is 59.7 Å². The summed E-state index contributed by atoms with van der Waals surface area (Å²) in [7, 11) is 1.68. The minimum atomic E-state index is -0.186. The highest BCUT2D eigenvalue weighted by Crippen LogP contribution is 2.20. The molecule has 0 radical (unpaired) electrons. The number of hydrogen-bond donors (Lipinski definition) is 0. The van der Waals surface area contributed by atoms with E-state index in [1.165, 1.54) is 12.1 Å². The molecule has 1 fully saturated rings. The van der Waals surface area contributed by atoms with Gasteiger partial charge in [-0.1, -0.05) is 12.1 Å². The first kappa shape index (κ1) is 17.9. The highest BCUT2D eigenvalue weighted by atomic mass is 19.1. The number of rotatable bonds is 5. The van der Waals surface area contributed by atoms with E-state index in [2.05, 4.69) is 25.9 Å². The predicted molar refractivity (Wildman–Crippen MR) is 102 cm³/mol. The van der Waals surface area contributed by atoms with Crippen molar-refractivity contribution in [2.24, 2.45) is 0 Å². The molecule has 0 saturated carbocycles. The maximum Gasteiger partial charge on any atom is 0.157 e. The van der Waals surface area contributed by atoms with Gasteiger partial charge in [-0.3, -0.25) is 4.90 Å². The van der Waals surface area contributed by atoms with Crippen LogP contribution in [0.4, 0.5) is 10.2 Å². The van der Waals surface area contributed by atoms with Crippen LogP contribution in [-0.4, -0.2) is 52.8 Å². The van der Waals surface area contributed by atoms with Crippen LogP contribution in [0.1, 0.15) is 17.7 Å². The van der Waals surface area contributed by atoms with Gasteiger partial charge in [-0.25, -0.2) is 9.37 Å². The van der Waals surface area contributed by atoms with Crippen molar-refractivity contribution in [3.63, 3.8) is 0 Å². The van der Waals surface area contributed by atoms with Crippen molar-refractivity contribution in [2.75, 3.05) is 38.2 Å². The Hall–Kier alpha value is -2.51. The number of nitrogens with zero attached hydrogens (tertiary/aromatic N) is 5. The molecule has 4 rings (SSSR count). The molecule has 0 atom stereocenters. The van der Waals surface area contributed by atoms with Gasteiger partial charge in [-0.05, 0) is 24.1 Å². The van der Waals surface area contributed by atoms with E-state index in [1.807, 2.05) is 22.7 Å². The topological polar surface area (TPSA) is 45.9 Å². The number of fused-ring (bicyclic) bond motifs is 1. The van der Waals surface area contributed by atoms with Crippen molar-refractivity contribution in [2.45, 2.75) is 19.6 Å². The first-order valence-electron chi connectivity index (χ1n) is 9.27. The molecule has 1 aliphatic heterocycles. The second-order valence-corrected chi connectivity index (χ2v) is 6.88. The molecule has 3 heterocycles. The largest absolute Gasteiger partial charge is 0.378 e. The highest BCUT2D eigenvalue weighted by molar-refractivity contribution is 5.51. The van der Waals surface area contributed by atoms with E-state index >= 15 is 0 Å². The van der Waals surface area contributed by atoms with Crippen molar-refractivity contribution < 1.29 is 9.13 Å². The van der Waals surface area contributed by atoms with Gasteiger partial charge in [0, 0.05) is 52.0 Å². The van der Waals surface area contributed by atoms with Crippen molar-refractivity contribution in [3.8, 4) is 0 Å². The monoisotopic (exact) mass is 369 g/mol. The molecule has 2 aromatic heterocycles. The standard InChI is InChI=1S/C20H24FN5O/c1-27-15-18-13-20(26-19(23-18)7-8-22-26)25-10-2-9-24(11-12-25)14-16-3-5-17(21)6-4-16/h3-8,13H,2,9-12,14-15H2,1H3. The summed E-state index contributed by atoms with van der Waals surface area (Å²) in [5, 5.41) is 4.44. The third-order valence-electron chi connectivity index (χ3n) is 4.92. The Morgan fingerprint density at radius 1 is 1.07 bits per heavy atom. The lowest BCUT2D eigenvalue weighted by atomic mass is 10.2. The second kappa shape index (κ2) is 8.02. The maximum atomic E-state index is 13.1. The van der Waals surface area contributed by atoms with Gasteiger partial charge < -0.3 is 9.64 Å². The number of hydrogen-bond acceptors (Lipinski definition) is 5. The molecule has 7 heteroatoms. The summed E-state index contributed by atoms with van der Waals surface area (Å²) in [6.07, 6.45) is 2.84. The Bertz CT molecular complexity index is 895. The Labute approximate surface area is 158 Å². The van der Waals surface area contributed by atoms with Gasteiger partial charge in [0.2, 0.25) is 0 Å². The number of aromatic nitrogens is 3. The Kier molecular flexibility index (Phi) is 5.31. The van der Waals surface area contributed by atoms with Crippen LogP contribution in [0.3, 0.4) is 0 Å². The van der Waals surface area contributed by atoms with Crippen LogP contribution in [0.15, 0.2) is 42.6 Å². The van der Waals surface area contributed by atoms with Gasteiger partial charge in [0.1, 0.15) is 11.6 Å². The summed E-state index contributed by atoms with van der Waals surface area (Å²) < 4.78 is 20.3. The third kappa shape index (κ3) is 4.09. The van der Waals surface area contributed by atoms with Crippen LogP contribution in [0.5, 0.6) is 0 Å². The first-order chi connectivity index (χ1) is 13.2. The van der Waals surface area contributed by atoms with Gasteiger partial charge >= 0.3 is 0 Å². The molecule has 1 saturated heterocycles. The molecule has 27 heavy (non-hydrogen) atoms. The fourth-order valence-electron chi connectivity index (χ4n) is 3.60. The average molecular weight is 369 g/mol. The Balaban J connectivity index is 1.50. The molecule has 1 aliphatic rings. The van der Waals surface area contributed by atoms with Gasteiger partial charge in [-0.2, -0.15) is 9.61 Å². The normalized spacial score (nSPS) is 16.0. The number of benzene rings is 1. The molecule has 0 amide bonds. The lowest BCUT2D eigenvalue weighted by Crippen LogP contribution is -2.31. The van der Waals surface area contributed by atoms with Crippen LogP contribution < -0.4 is 4.90 Å². The quantitative estimate of drug-likeness (QED) is 0.692. The summed E-state index contributed by atoms with van der Waals surface area (Å²) in [6.45, 7) is 5.17. The second-order valence-electron chi connectivity index (χ2n) is 6.88. The molecule has 0 bridgehead atoms. The third-order valence-corrected chi connectivity index (χ3v) is 4.92. The summed E-state index contributed by atoms with van der Waals surface area (Å²) in [5.41, 5.74) is 2.89. The smallest absolute Gasteiger partial charge is 0.157 e. The van der Waals surface area contributed by atoms with E-state index in [0.29, 0.717) is 6.61 Å². The minimum absolute atomic E-state index is 0.186. The molecule has 0 aliphatic carbocycles. The molecule has 142 valence electrons. The predicted octanol–water partition coefficient (Wildman–Crippen LogP) is 2.73. The molecule has 0 spiro atoms. The number of methoxy groups -OCH3 is 1. The average Bonchev–Trinajstić information content (AvgIpc) is 3.02. The van der Waals surface area contributed by atoms with Crippen LogP contribution in [-0.2, 0) is 17.9 Å². The van der Waals surface area contributed by atoms with Gasteiger partial charge in [-0.15, -0.1) is 0 Å². The Morgan fingerprint density at radius 2 is 1.93 bits per heavy atom. The van der Waals surface area contributed by atoms with Crippen molar-refractivity contribution in [1.29, 1.82) is 0 Å². The zero-order chi connectivity index (χ0) is 18.6. The molecular formula is C20H24FN5O. The van der Waals surface area contributed by atoms with E-state index in [0.717, 1.165) is 61.9 Å². The van der Waals surface area contributed by atoms with Crippen LogP contribution in [0.25, 0.3) is 5.65 Å². The fourth-order valence-corrected chi connectivity index (χ4v) is 3.60. The van der Waals surface area contributed by atoms with Crippen LogP contribution in [0, 0.1) is 5.82 Å². The van der Waals surface area contributed by atoms with E-state index in [1.54, 1.807) is 13.3 Å². The van der Waals surface area contributed by atoms with E-state index in [9.17, 15) is 4.39 Å². The lowest BCUT2D eigenvalue weighted by Gasteiger charge is -2.24. The number of anilines is 1. The summed E-state index contributed by atoms with van der Waals surface area (Å²) in [6, 6.07) is 10.8. The van der Waals surface area contributed by atoms with Crippen LogP contribution >= 0.6 is 0 Å². The zero-order valence-corrected chi connectivity index (χ0v) is 15.5. The molecular weight excluding hydrogens is 345 g/mol. The molecule has 1 aromatic carbocycles. The summed E-state index contributed by atoms with van der Waals surface area (Å²) >= 11 is 0. The summed E-state index contributed by atoms with van der Waals surface area (Å²) in [5.74, 6) is 0.870. The minimum Gasteiger partial charge on any atom is -0.378 e. The number of ether oxygens (including phenoxy) is 1. The van der Waals surface area contributed by atoms with E-state index < -0.39 is 0 Å². The first-order valence-corrected chi connectivity index (χ1v) is 9.27. The van der Waals surface area contributed by atoms with E-state index in [4.69, 9.17) is 4.74 Å². The maximum absolute atomic E-state index is 13.1. The molecule has 0 unspecified atom stereocenters. The van der Waals surface area contributed by atoms with Gasteiger partial charge in [0.15, 0.2) is 5.65 Å². The SMILES string of the molecule is COCc1cc(N2CCCN(Cc3ccc(F)cc3)CC2)n2nccc2n1. The number of halogens is 1. The lowest BCUT2D eigenvalue weighted by molar-refractivity contribution is 0.181. The van der Waals surface area contributed by atoms with Crippen LogP contribution in [0.2, 0.25) is 0 Å². The zero-order valence-electron chi connectivity index (χ0n) is 15.5. The van der Waals surface area contributed by atoms with Crippen molar-refractivity contribution >= 4 is 11.5 Å². The summed E-state index contributed by atoms with van der Waals surface area (Å²) in [4.78, 5) is 9.38. The van der Waals surface area contributed by atoms with Gasteiger partial charge in [0.25, 0.3) is 0 Å². The highest BCUT2D eigenvalue weighted by Gasteiger charge is 2.19. The Morgan fingerprint density at radius 3 is 2.74 bits per heavy atom. The van der Waals surface area contributed by atoms with Crippen molar-refractivity contribution in [1.82, 2.24) is 19.5 Å². The van der Waals surface area contributed by atoms with Gasteiger partial charge in [0.05, 0.1) is 18.5 Å². The molecule has 6 nitrogen and oxygen atoms in total. The molecule has 3 aromatic rings. The molecule has 0 N–H and O–H groups in total. The van der Waals surface area contributed by atoms with E-state index in [-0.39, 0.29) is 5.82 Å². The fraction of sp³-hybridized carbons (Fsp3) is 0.400.